The van der Waals surface area contributed by atoms with Gasteiger partial charge in [0.1, 0.15) is 22.8 Å². The van der Waals surface area contributed by atoms with Gasteiger partial charge in [-0.3, -0.25) is 19.3 Å². The number of carbonyl (C=O) groups is 5. The summed E-state index contributed by atoms with van der Waals surface area (Å²) in [4.78, 5) is 74.9. The van der Waals surface area contributed by atoms with Crippen molar-refractivity contribution in [3.05, 3.63) is 45.1 Å². The lowest BCUT2D eigenvalue weighted by Crippen LogP contribution is -2.71. The van der Waals surface area contributed by atoms with Gasteiger partial charge in [-0.25, -0.2) is 14.6 Å². The fourth-order valence-corrected chi connectivity index (χ4v) is 6.36. The smallest absolute Gasteiger partial charge is 0.352 e. The number of nitrogen functional groups attached to an aromatic ring is 1. The highest BCUT2D eigenvalue weighted by molar-refractivity contribution is 8.00. The zero-order valence-electron chi connectivity index (χ0n) is 23.8. The molecule has 3 amide bonds. The maximum atomic E-state index is 13.3. The molecule has 0 radical (unpaired) electrons. The molecule has 0 aliphatic carbocycles. The van der Waals surface area contributed by atoms with Crippen LogP contribution in [0.5, 0.6) is 11.5 Å². The number of β-lactam (4-membered cyclic amide) rings is 1. The number of phenolic OH excluding ortho intramolecular Hbond substituents is 2. The van der Waals surface area contributed by atoms with E-state index < -0.39 is 63.9 Å². The van der Waals surface area contributed by atoms with E-state index in [2.05, 4.69) is 15.5 Å². The summed E-state index contributed by atoms with van der Waals surface area (Å²) in [5.41, 5.74) is 3.24. The number of rotatable bonds is 11. The van der Waals surface area contributed by atoms with Gasteiger partial charge in [0, 0.05) is 29.8 Å². The van der Waals surface area contributed by atoms with Gasteiger partial charge in [0.15, 0.2) is 22.3 Å². The number of nitrogens with zero attached hydrogens (tertiary/aromatic N) is 4. The number of anilines is 1. The van der Waals surface area contributed by atoms with E-state index in [4.69, 9.17) is 22.2 Å². The number of benzene rings is 1. The second-order valence-corrected chi connectivity index (χ2v) is 12.6. The van der Waals surface area contributed by atoms with Crippen LogP contribution in [-0.4, -0.2) is 106 Å². The SMILES string of the molecule is CCN(CC1=C(C(=O)O)N2C(=O)[C@@H](NC(=O)/C(=N\OC(C)(C)C(=O)O)c3csc(N)n3)[C@H]2SC1)C(=O)c1cc(O)c(O)c(Cl)c1. The Morgan fingerprint density at radius 1 is 1.27 bits per heavy atom. The zero-order chi connectivity index (χ0) is 33.4. The second-order valence-electron chi connectivity index (χ2n) is 10.2. The molecule has 19 heteroatoms. The molecule has 2 aliphatic rings. The number of thioether (sulfide) groups is 1. The van der Waals surface area contributed by atoms with Gasteiger partial charge in [-0.05, 0) is 38.5 Å². The van der Waals surface area contributed by atoms with Crippen LogP contribution in [0.25, 0.3) is 0 Å². The lowest BCUT2D eigenvalue weighted by molar-refractivity contribution is -0.161. The van der Waals surface area contributed by atoms with Crippen LogP contribution < -0.4 is 11.1 Å². The molecule has 0 bridgehead atoms. The Morgan fingerprint density at radius 2 is 1.96 bits per heavy atom. The van der Waals surface area contributed by atoms with Crippen molar-refractivity contribution >= 4 is 75.2 Å². The summed E-state index contributed by atoms with van der Waals surface area (Å²) >= 11 is 8.03. The minimum absolute atomic E-state index is 0.0305. The summed E-state index contributed by atoms with van der Waals surface area (Å²) in [6, 6.07) is 1.01. The number of amides is 3. The number of aromatic nitrogens is 1. The first kappa shape index (κ1) is 33.3. The Bertz CT molecular complexity index is 1630. The van der Waals surface area contributed by atoms with E-state index in [1.165, 1.54) is 24.1 Å². The predicted octanol–water partition coefficient (Wildman–Crippen LogP) is 1.27. The Morgan fingerprint density at radius 3 is 2.51 bits per heavy atom. The molecule has 2 aromatic rings. The molecule has 0 saturated carbocycles. The Hall–Kier alpha value is -4.55. The third-order valence-corrected chi connectivity index (χ3v) is 9.04. The standard InChI is InChI=1S/C26H27ClN6O10S2/c1-4-32(20(37)10-5-12(27)18(35)14(34)6-10)7-11-8-44-22-16(21(38)33(22)17(11)23(39)40)30-19(36)15(13-9-45-25(28)29-13)31-43-26(2,3)24(41)42/h5-6,9,16,22,34-35H,4,7-8H2,1-3H3,(H2,28,29)(H,30,36)(H,39,40)(H,41,42)/b31-15-/t16-,22-/m1/s1. The number of hydrogen-bond acceptors (Lipinski definition) is 13. The minimum Gasteiger partial charge on any atom is -0.504 e. The number of phenols is 2. The van der Waals surface area contributed by atoms with Crippen LogP contribution in [0, 0.1) is 0 Å². The maximum Gasteiger partial charge on any atom is 0.352 e. The highest BCUT2D eigenvalue weighted by Crippen LogP contribution is 2.41. The van der Waals surface area contributed by atoms with E-state index in [1.54, 1.807) is 6.92 Å². The van der Waals surface area contributed by atoms with Crippen molar-refractivity contribution < 1.29 is 49.2 Å². The fraction of sp³-hybridized carbons (Fsp3) is 0.346. The number of carbonyl (C=O) groups excluding carboxylic acids is 3. The molecule has 7 N–H and O–H groups in total. The molecule has 45 heavy (non-hydrogen) atoms. The molecule has 2 atom stereocenters. The summed E-state index contributed by atoms with van der Waals surface area (Å²) in [6.45, 7) is 4.01. The summed E-state index contributed by atoms with van der Waals surface area (Å²) in [5.74, 6) is -6.20. The Balaban J connectivity index is 1.56. The van der Waals surface area contributed by atoms with Gasteiger partial charge in [-0.2, -0.15) is 0 Å². The molecule has 0 spiro atoms. The molecule has 4 rings (SSSR count). The van der Waals surface area contributed by atoms with Crippen molar-refractivity contribution in [2.45, 2.75) is 37.8 Å². The number of thiazole rings is 1. The molecule has 1 aromatic carbocycles. The molecular formula is C26H27ClN6O10S2. The number of aliphatic carboxylic acids is 2. The topological polar surface area (TPSA) is 245 Å². The lowest BCUT2D eigenvalue weighted by atomic mass is 10.0. The van der Waals surface area contributed by atoms with E-state index in [0.29, 0.717) is 0 Å². The molecule has 2 aliphatic heterocycles. The molecule has 1 fully saturated rings. The van der Waals surface area contributed by atoms with Crippen LogP contribution in [0.15, 0.2) is 33.9 Å². The van der Waals surface area contributed by atoms with Crippen molar-refractivity contribution in [1.82, 2.24) is 20.1 Å². The van der Waals surface area contributed by atoms with Gasteiger partial charge < -0.3 is 41.2 Å². The van der Waals surface area contributed by atoms with Crippen molar-refractivity contribution in [1.29, 1.82) is 0 Å². The van der Waals surface area contributed by atoms with Gasteiger partial charge in [-0.1, -0.05) is 16.8 Å². The van der Waals surface area contributed by atoms with Gasteiger partial charge >= 0.3 is 11.9 Å². The Labute approximate surface area is 268 Å². The summed E-state index contributed by atoms with van der Waals surface area (Å²) < 4.78 is 0. The third-order valence-electron chi connectivity index (χ3n) is 6.74. The highest BCUT2D eigenvalue weighted by Gasteiger charge is 2.54. The number of fused-ring (bicyclic) bond motifs is 1. The van der Waals surface area contributed by atoms with Crippen molar-refractivity contribution in [3.8, 4) is 11.5 Å². The zero-order valence-corrected chi connectivity index (χ0v) is 26.2. The van der Waals surface area contributed by atoms with Crippen LogP contribution >= 0.6 is 34.7 Å². The first-order chi connectivity index (χ1) is 21.1. The number of likely N-dealkylation sites (N-methyl/N-ethyl adjacent to an activating group) is 1. The number of nitrogens with two attached hydrogens (primary N) is 1. The summed E-state index contributed by atoms with van der Waals surface area (Å²) in [7, 11) is 0. The van der Waals surface area contributed by atoms with E-state index in [9.17, 15) is 44.4 Å². The first-order valence-electron chi connectivity index (χ1n) is 13.0. The van der Waals surface area contributed by atoms with Crippen molar-refractivity contribution in [2.24, 2.45) is 5.16 Å². The van der Waals surface area contributed by atoms with Gasteiger partial charge in [0.25, 0.3) is 17.7 Å². The number of hydrogen-bond donors (Lipinski definition) is 6. The van der Waals surface area contributed by atoms with Crippen LogP contribution in [0.3, 0.4) is 0 Å². The van der Waals surface area contributed by atoms with Crippen LogP contribution in [0.4, 0.5) is 5.13 Å². The van der Waals surface area contributed by atoms with E-state index in [1.807, 2.05) is 0 Å². The average molecular weight is 683 g/mol. The largest absolute Gasteiger partial charge is 0.504 e. The van der Waals surface area contributed by atoms with E-state index in [0.717, 1.165) is 40.1 Å². The molecule has 240 valence electrons. The molecule has 0 unspecified atom stereocenters. The maximum absolute atomic E-state index is 13.3. The van der Waals surface area contributed by atoms with Crippen molar-refractivity contribution in [2.75, 3.05) is 24.6 Å². The minimum atomic E-state index is -1.81. The number of halogens is 1. The predicted molar refractivity (Wildman–Crippen MR) is 162 cm³/mol. The lowest BCUT2D eigenvalue weighted by Gasteiger charge is -2.49. The number of carboxylic acids is 2. The Kier molecular flexibility index (Phi) is 9.50. The number of carboxylic acid groups (broad SMARTS) is 2. The summed E-state index contributed by atoms with van der Waals surface area (Å²) in [5, 5.41) is 45.6. The molecule has 1 aromatic heterocycles. The molecular weight excluding hydrogens is 656 g/mol. The molecule has 3 heterocycles. The first-order valence-corrected chi connectivity index (χ1v) is 15.3. The second kappa shape index (κ2) is 12.8. The van der Waals surface area contributed by atoms with Crippen LogP contribution in [0.1, 0.15) is 36.8 Å². The number of nitrogens with one attached hydrogen (secondary N) is 1. The van der Waals surface area contributed by atoms with Crippen LogP contribution in [0.2, 0.25) is 5.02 Å². The van der Waals surface area contributed by atoms with Gasteiger partial charge in [0.05, 0.1) is 5.02 Å². The summed E-state index contributed by atoms with van der Waals surface area (Å²) in [6.07, 6.45) is 0. The quantitative estimate of drug-likeness (QED) is 0.0847. The van der Waals surface area contributed by atoms with Gasteiger partial charge in [-0.15, -0.1) is 23.1 Å². The number of oxime groups is 1. The van der Waals surface area contributed by atoms with Gasteiger partial charge in [0.2, 0.25) is 5.60 Å². The normalized spacial score (nSPS) is 18.2. The van der Waals surface area contributed by atoms with Crippen LogP contribution in [-0.2, 0) is 24.0 Å². The molecule has 16 nitrogen and oxygen atoms in total. The number of aromatic hydroxyl groups is 2. The monoisotopic (exact) mass is 682 g/mol. The molecule has 1 saturated heterocycles. The van der Waals surface area contributed by atoms with E-state index in [-0.39, 0.29) is 51.5 Å². The highest BCUT2D eigenvalue weighted by atomic mass is 35.5. The fourth-order valence-electron chi connectivity index (χ4n) is 4.26. The third kappa shape index (κ3) is 6.62. The van der Waals surface area contributed by atoms with E-state index >= 15 is 0 Å². The van der Waals surface area contributed by atoms with Crippen molar-refractivity contribution in [3.63, 3.8) is 0 Å². The average Bonchev–Trinajstić information content (AvgIpc) is 3.41.